The highest BCUT2D eigenvalue weighted by Crippen LogP contribution is 2.30. The molecule has 28 heavy (non-hydrogen) atoms. The number of ether oxygens (including phenoxy) is 2. The number of Topliss-reactive ketones (excluding diaryl/α,β-unsaturated/α-hetero) is 1. The van der Waals surface area contributed by atoms with Crippen LogP contribution in [0.3, 0.4) is 0 Å². The zero-order valence-electron chi connectivity index (χ0n) is 16.1. The smallest absolute Gasteiger partial charge is 0.338 e. The molecule has 0 radical (unpaired) electrons. The van der Waals surface area contributed by atoms with E-state index in [4.69, 9.17) is 9.47 Å². The number of benzene rings is 2. The third-order valence-corrected chi connectivity index (χ3v) is 5.14. The van der Waals surface area contributed by atoms with Gasteiger partial charge in [-0.2, -0.15) is 0 Å². The monoisotopic (exact) mass is 380 g/mol. The van der Waals surface area contributed by atoms with Gasteiger partial charge >= 0.3 is 11.9 Å². The minimum Gasteiger partial charge on any atom is -0.462 e. The Kier molecular flexibility index (Phi) is 6.24. The van der Waals surface area contributed by atoms with Crippen LogP contribution in [0, 0.1) is 25.7 Å². The third kappa shape index (κ3) is 4.85. The Labute approximate surface area is 164 Å². The summed E-state index contributed by atoms with van der Waals surface area (Å²) in [6.45, 7) is 4.04. The first-order valence-electron chi connectivity index (χ1n) is 9.44. The van der Waals surface area contributed by atoms with Gasteiger partial charge in [0, 0.05) is 12.3 Å². The summed E-state index contributed by atoms with van der Waals surface area (Å²) in [7, 11) is 0. The highest BCUT2D eigenvalue weighted by atomic mass is 16.5. The highest BCUT2D eigenvalue weighted by molar-refractivity contribution is 5.90. The SMILES string of the molecule is Cc1ccc(C(=O)OC[C@H]2CCC(=O)[C@@H]2COC(=O)c2ccc(C)cc2)cc1. The van der Waals surface area contributed by atoms with Gasteiger partial charge in [-0.3, -0.25) is 4.79 Å². The molecule has 0 aliphatic heterocycles. The van der Waals surface area contributed by atoms with Crippen LogP contribution in [0.4, 0.5) is 0 Å². The minimum atomic E-state index is -0.449. The highest BCUT2D eigenvalue weighted by Gasteiger charge is 2.36. The molecule has 0 bridgehead atoms. The third-order valence-electron chi connectivity index (χ3n) is 5.14. The van der Waals surface area contributed by atoms with Gasteiger partial charge < -0.3 is 9.47 Å². The maximum Gasteiger partial charge on any atom is 0.338 e. The van der Waals surface area contributed by atoms with Crippen molar-refractivity contribution in [3.63, 3.8) is 0 Å². The van der Waals surface area contributed by atoms with Gasteiger partial charge in [-0.15, -0.1) is 0 Å². The second-order valence-corrected chi connectivity index (χ2v) is 7.30. The molecule has 1 aliphatic carbocycles. The van der Waals surface area contributed by atoms with Crippen LogP contribution in [0.1, 0.15) is 44.7 Å². The molecule has 0 unspecified atom stereocenters. The summed E-state index contributed by atoms with van der Waals surface area (Å²) in [6.07, 6.45) is 1.05. The van der Waals surface area contributed by atoms with Gasteiger partial charge in [0.25, 0.3) is 0 Å². The van der Waals surface area contributed by atoms with Gasteiger partial charge in [0.2, 0.25) is 0 Å². The maximum absolute atomic E-state index is 12.2. The van der Waals surface area contributed by atoms with Crippen molar-refractivity contribution in [2.24, 2.45) is 11.8 Å². The van der Waals surface area contributed by atoms with Crippen molar-refractivity contribution in [2.45, 2.75) is 26.7 Å². The van der Waals surface area contributed by atoms with Gasteiger partial charge in [-0.25, -0.2) is 9.59 Å². The molecule has 2 atom stereocenters. The molecule has 2 aromatic rings. The number of ketones is 1. The molecule has 2 aromatic carbocycles. The molecular weight excluding hydrogens is 356 g/mol. The Morgan fingerprint density at radius 2 is 1.29 bits per heavy atom. The van der Waals surface area contributed by atoms with Crippen molar-refractivity contribution in [1.82, 2.24) is 0 Å². The number of carbonyl (C=O) groups is 3. The molecule has 3 rings (SSSR count). The Hall–Kier alpha value is -2.95. The van der Waals surface area contributed by atoms with Crippen molar-refractivity contribution in [1.29, 1.82) is 0 Å². The van der Waals surface area contributed by atoms with Gasteiger partial charge in [0.15, 0.2) is 0 Å². The van der Waals surface area contributed by atoms with Crippen LogP contribution in [-0.2, 0) is 14.3 Å². The van der Waals surface area contributed by atoms with E-state index in [1.54, 1.807) is 24.3 Å². The molecular formula is C23H24O5. The van der Waals surface area contributed by atoms with E-state index in [-0.39, 0.29) is 24.9 Å². The fourth-order valence-electron chi connectivity index (χ4n) is 3.30. The summed E-state index contributed by atoms with van der Waals surface area (Å²) in [5.74, 6) is -1.37. The number of hydrogen-bond acceptors (Lipinski definition) is 5. The first kappa shape index (κ1) is 19.8. The Morgan fingerprint density at radius 3 is 1.79 bits per heavy atom. The van der Waals surface area contributed by atoms with Crippen LogP contribution in [0.25, 0.3) is 0 Å². The van der Waals surface area contributed by atoms with E-state index in [2.05, 4.69) is 0 Å². The quantitative estimate of drug-likeness (QED) is 0.711. The summed E-state index contributed by atoms with van der Waals surface area (Å²) in [5.41, 5.74) is 3.06. The Bertz CT molecular complexity index is 852. The average Bonchev–Trinajstić information content (AvgIpc) is 3.05. The lowest BCUT2D eigenvalue weighted by Gasteiger charge is -2.18. The lowest BCUT2D eigenvalue weighted by atomic mass is 9.97. The summed E-state index contributed by atoms with van der Waals surface area (Å²) in [4.78, 5) is 36.6. The normalized spacial score (nSPS) is 18.7. The van der Waals surface area contributed by atoms with E-state index in [1.165, 1.54) is 0 Å². The maximum atomic E-state index is 12.2. The lowest BCUT2D eigenvalue weighted by molar-refractivity contribution is -0.122. The van der Waals surface area contributed by atoms with Crippen molar-refractivity contribution in [3.8, 4) is 0 Å². The molecule has 146 valence electrons. The van der Waals surface area contributed by atoms with Crippen molar-refractivity contribution in [3.05, 3.63) is 70.8 Å². The largest absolute Gasteiger partial charge is 0.462 e. The number of esters is 2. The van der Waals surface area contributed by atoms with E-state index in [9.17, 15) is 14.4 Å². The summed E-state index contributed by atoms with van der Waals surface area (Å²) < 4.78 is 10.8. The van der Waals surface area contributed by atoms with Crippen LogP contribution in [0.15, 0.2) is 48.5 Å². The van der Waals surface area contributed by atoms with Crippen LogP contribution >= 0.6 is 0 Å². The zero-order chi connectivity index (χ0) is 20.1. The molecule has 1 aliphatic rings. The molecule has 0 amide bonds. The second-order valence-electron chi connectivity index (χ2n) is 7.30. The van der Waals surface area contributed by atoms with Gasteiger partial charge in [0.05, 0.1) is 23.7 Å². The standard InChI is InChI=1S/C23H24O5/c1-15-3-7-17(8-4-15)22(25)27-13-19-11-12-21(24)20(19)14-28-23(26)18-9-5-16(2)6-10-18/h3-10,19-20H,11-14H2,1-2H3/t19-,20-/m1/s1. The van der Waals surface area contributed by atoms with Gasteiger partial charge in [-0.1, -0.05) is 35.4 Å². The molecule has 0 aromatic heterocycles. The number of aryl methyl sites for hydroxylation is 2. The first-order valence-corrected chi connectivity index (χ1v) is 9.44. The first-order chi connectivity index (χ1) is 13.4. The number of carbonyl (C=O) groups excluding carboxylic acids is 3. The second kappa shape index (κ2) is 8.83. The average molecular weight is 380 g/mol. The predicted molar refractivity (Wildman–Crippen MR) is 104 cm³/mol. The van der Waals surface area contributed by atoms with Crippen LogP contribution in [0.2, 0.25) is 0 Å². The Balaban J connectivity index is 1.54. The van der Waals surface area contributed by atoms with Crippen molar-refractivity contribution < 1.29 is 23.9 Å². The van der Waals surface area contributed by atoms with E-state index in [0.717, 1.165) is 11.1 Å². The summed E-state index contributed by atoms with van der Waals surface area (Å²) >= 11 is 0. The lowest BCUT2D eigenvalue weighted by Crippen LogP contribution is -2.26. The van der Waals surface area contributed by atoms with Crippen molar-refractivity contribution >= 4 is 17.7 Å². The van der Waals surface area contributed by atoms with E-state index in [1.807, 2.05) is 38.1 Å². The Morgan fingerprint density at radius 1 is 0.821 bits per heavy atom. The molecule has 0 heterocycles. The molecule has 0 N–H and O–H groups in total. The molecule has 0 spiro atoms. The predicted octanol–water partition coefficient (Wildman–Crippen LogP) is 3.91. The van der Waals surface area contributed by atoms with Gasteiger partial charge in [-0.05, 0) is 44.5 Å². The van der Waals surface area contributed by atoms with Crippen LogP contribution < -0.4 is 0 Å². The molecule has 5 nitrogen and oxygen atoms in total. The minimum absolute atomic E-state index is 0.0122. The summed E-state index contributed by atoms with van der Waals surface area (Å²) in [6, 6.07) is 14.2. The fraction of sp³-hybridized carbons (Fsp3) is 0.348. The van der Waals surface area contributed by atoms with Gasteiger partial charge in [0.1, 0.15) is 12.4 Å². The van der Waals surface area contributed by atoms with E-state index < -0.39 is 17.9 Å². The van der Waals surface area contributed by atoms with Crippen LogP contribution in [0.5, 0.6) is 0 Å². The topological polar surface area (TPSA) is 69.7 Å². The molecule has 1 saturated carbocycles. The van der Waals surface area contributed by atoms with E-state index in [0.29, 0.717) is 24.0 Å². The molecule has 5 heteroatoms. The molecule has 0 saturated heterocycles. The fourth-order valence-corrected chi connectivity index (χ4v) is 3.30. The number of rotatable bonds is 6. The number of hydrogen-bond donors (Lipinski definition) is 0. The van der Waals surface area contributed by atoms with Crippen LogP contribution in [-0.4, -0.2) is 30.9 Å². The van der Waals surface area contributed by atoms with E-state index >= 15 is 0 Å². The molecule has 1 fully saturated rings. The zero-order valence-corrected chi connectivity index (χ0v) is 16.1. The summed E-state index contributed by atoms with van der Waals surface area (Å²) in [5, 5.41) is 0. The van der Waals surface area contributed by atoms with Crippen molar-refractivity contribution in [2.75, 3.05) is 13.2 Å².